The van der Waals surface area contributed by atoms with Gasteiger partial charge in [0.15, 0.2) is 5.78 Å². The number of carbonyl (C=O) groups is 2. The maximum absolute atomic E-state index is 13.0. The third-order valence-corrected chi connectivity index (χ3v) is 6.21. The number of amides is 1. The van der Waals surface area contributed by atoms with E-state index < -0.39 is 6.43 Å². The van der Waals surface area contributed by atoms with Gasteiger partial charge in [0.25, 0.3) is 6.43 Å². The monoisotopic (exact) mass is 413 g/mol. The van der Waals surface area contributed by atoms with Crippen molar-refractivity contribution < 1.29 is 23.1 Å². The minimum absolute atomic E-state index is 0.0185. The quantitative estimate of drug-likeness (QED) is 0.584. The van der Waals surface area contributed by atoms with Crippen molar-refractivity contribution in [2.45, 2.75) is 57.2 Å². The van der Waals surface area contributed by atoms with Crippen LogP contribution in [-0.2, 0) is 11.3 Å². The van der Waals surface area contributed by atoms with E-state index in [9.17, 15) is 18.4 Å². The Labute approximate surface area is 174 Å². The average molecular weight is 413 g/mol. The lowest BCUT2D eigenvalue weighted by Crippen LogP contribution is -2.55. The molecule has 2 fully saturated rings. The summed E-state index contributed by atoms with van der Waals surface area (Å²) in [7, 11) is 0. The Morgan fingerprint density at radius 2 is 1.60 bits per heavy atom. The van der Waals surface area contributed by atoms with Crippen LogP contribution < -0.4 is 0 Å². The zero-order chi connectivity index (χ0) is 21.1. The van der Waals surface area contributed by atoms with Crippen LogP contribution in [0.2, 0.25) is 0 Å². The average Bonchev–Trinajstić information content (AvgIpc) is 2.77. The highest BCUT2D eigenvalue weighted by atomic mass is 19.3. The summed E-state index contributed by atoms with van der Waals surface area (Å²) in [6, 6.07) is 15.1. The van der Waals surface area contributed by atoms with Crippen molar-refractivity contribution in [2.24, 2.45) is 5.92 Å². The Morgan fingerprint density at radius 1 is 0.967 bits per heavy atom. The minimum Gasteiger partial charge on any atom is -0.445 e. The summed E-state index contributed by atoms with van der Waals surface area (Å²) in [5, 5.41) is 0. The van der Waals surface area contributed by atoms with Crippen LogP contribution in [0.25, 0.3) is 0 Å². The highest BCUT2D eigenvalue weighted by molar-refractivity contribution is 5.98. The van der Waals surface area contributed by atoms with Gasteiger partial charge >= 0.3 is 6.09 Å². The molecule has 0 radical (unpaired) electrons. The van der Waals surface area contributed by atoms with Crippen LogP contribution in [0.4, 0.5) is 13.6 Å². The first-order valence-corrected chi connectivity index (χ1v) is 10.4. The number of Topliss-reactive ketones (excluding diaryl/α,β-unsaturated/α-hetero) is 1. The molecule has 0 aromatic heterocycles. The summed E-state index contributed by atoms with van der Waals surface area (Å²) in [5.41, 5.74) is 1.32. The Kier molecular flexibility index (Phi) is 6.11. The molecule has 2 heterocycles. The van der Waals surface area contributed by atoms with Crippen molar-refractivity contribution in [3.8, 4) is 0 Å². The maximum Gasteiger partial charge on any atom is 0.410 e. The molecule has 2 unspecified atom stereocenters. The molecule has 2 aliphatic heterocycles. The molecule has 0 aliphatic carbocycles. The lowest BCUT2D eigenvalue weighted by atomic mass is 9.76. The predicted octanol–water partition coefficient (Wildman–Crippen LogP) is 5.78. The summed E-state index contributed by atoms with van der Waals surface area (Å²) in [5.74, 6) is -0.221. The van der Waals surface area contributed by atoms with Crippen molar-refractivity contribution in [1.82, 2.24) is 4.90 Å². The Bertz CT molecular complexity index is 871. The molecule has 2 aromatic carbocycles. The number of ketones is 1. The molecular formula is C24H25F2NO3. The number of hydrogen-bond donors (Lipinski definition) is 0. The first-order valence-electron chi connectivity index (χ1n) is 10.4. The van der Waals surface area contributed by atoms with Gasteiger partial charge in [-0.15, -0.1) is 0 Å². The molecule has 0 saturated carbocycles. The molecule has 1 amide bonds. The van der Waals surface area contributed by atoms with Crippen LogP contribution in [0, 0.1) is 5.92 Å². The number of fused-ring (bicyclic) bond motifs is 2. The lowest BCUT2D eigenvalue weighted by Gasteiger charge is -2.47. The SMILES string of the molecule is O=C(c1ccc(C(F)F)cc1)C1CC2CCCC(C1)N2C(=O)OCc1ccccc1. The maximum atomic E-state index is 13.0. The fourth-order valence-electron chi connectivity index (χ4n) is 4.72. The van der Waals surface area contributed by atoms with E-state index in [1.54, 1.807) is 0 Å². The van der Waals surface area contributed by atoms with Crippen LogP contribution in [0.5, 0.6) is 0 Å². The number of piperidine rings is 2. The Hall–Kier alpha value is -2.76. The molecule has 2 bridgehead atoms. The van der Waals surface area contributed by atoms with Crippen LogP contribution in [0.1, 0.15) is 60.0 Å². The van der Waals surface area contributed by atoms with E-state index in [0.29, 0.717) is 18.4 Å². The van der Waals surface area contributed by atoms with E-state index in [4.69, 9.17) is 4.74 Å². The normalized spacial score (nSPS) is 23.3. The molecule has 2 saturated heterocycles. The lowest BCUT2D eigenvalue weighted by molar-refractivity contribution is 0.00473. The number of carbonyl (C=O) groups excluding carboxylic acids is 2. The van der Waals surface area contributed by atoms with Gasteiger partial charge in [-0.05, 0) is 37.7 Å². The molecule has 0 spiro atoms. The van der Waals surface area contributed by atoms with Gasteiger partial charge in [0.1, 0.15) is 6.61 Å². The molecule has 2 aromatic rings. The van der Waals surface area contributed by atoms with Crippen molar-refractivity contribution in [3.63, 3.8) is 0 Å². The molecular weight excluding hydrogens is 388 g/mol. The molecule has 30 heavy (non-hydrogen) atoms. The smallest absolute Gasteiger partial charge is 0.410 e. The first-order chi connectivity index (χ1) is 14.5. The summed E-state index contributed by atoms with van der Waals surface area (Å²) in [4.78, 5) is 27.6. The minimum atomic E-state index is -2.54. The van der Waals surface area contributed by atoms with Crippen LogP contribution in [0.15, 0.2) is 54.6 Å². The second-order valence-electron chi connectivity index (χ2n) is 8.14. The summed E-state index contributed by atoms with van der Waals surface area (Å²) in [6.07, 6.45) is 1.05. The van der Waals surface area contributed by atoms with Crippen molar-refractivity contribution in [3.05, 3.63) is 71.3 Å². The van der Waals surface area contributed by atoms with Gasteiger partial charge in [-0.3, -0.25) is 4.79 Å². The van der Waals surface area contributed by atoms with Gasteiger partial charge in [0.05, 0.1) is 0 Å². The number of nitrogens with zero attached hydrogens (tertiary/aromatic N) is 1. The molecule has 2 aliphatic rings. The van der Waals surface area contributed by atoms with Gasteiger partial charge in [-0.1, -0.05) is 54.6 Å². The fourth-order valence-corrected chi connectivity index (χ4v) is 4.72. The Morgan fingerprint density at radius 3 is 2.20 bits per heavy atom. The summed E-state index contributed by atoms with van der Waals surface area (Å²) in [6.45, 7) is 0.231. The van der Waals surface area contributed by atoms with E-state index in [1.165, 1.54) is 24.3 Å². The van der Waals surface area contributed by atoms with Crippen molar-refractivity contribution in [2.75, 3.05) is 0 Å². The number of benzene rings is 2. The molecule has 0 N–H and O–H groups in total. The van der Waals surface area contributed by atoms with Gasteiger partial charge < -0.3 is 9.64 Å². The van der Waals surface area contributed by atoms with E-state index >= 15 is 0 Å². The number of alkyl halides is 2. The number of rotatable bonds is 5. The molecule has 158 valence electrons. The second kappa shape index (κ2) is 8.94. The van der Waals surface area contributed by atoms with E-state index in [1.807, 2.05) is 35.2 Å². The largest absolute Gasteiger partial charge is 0.445 e. The zero-order valence-electron chi connectivity index (χ0n) is 16.7. The van der Waals surface area contributed by atoms with Gasteiger partial charge in [0, 0.05) is 29.1 Å². The van der Waals surface area contributed by atoms with Gasteiger partial charge in [-0.2, -0.15) is 0 Å². The summed E-state index contributed by atoms with van der Waals surface area (Å²) >= 11 is 0. The third-order valence-electron chi connectivity index (χ3n) is 6.21. The van der Waals surface area contributed by atoms with E-state index in [2.05, 4.69) is 0 Å². The highest BCUT2D eigenvalue weighted by Gasteiger charge is 2.43. The van der Waals surface area contributed by atoms with Crippen LogP contribution in [-0.4, -0.2) is 28.9 Å². The number of hydrogen-bond acceptors (Lipinski definition) is 3. The van der Waals surface area contributed by atoms with Gasteiger partial charge in [-0.25, -0.2) is 13.6 Å². The standard InChI is InChI=1S/C24H25F2NO3/c25-23(26)18-11-9-17(10-12-18)22(28)19-13-20-7-4-8-21(14-19)27(20)24(29)30-15-16-5-2-1-3-6-16/h1-3,5-6,9-12,19-21,23H,4,7-8,13-15H2. The number of ether oxygens (including phenoxy) is 1. The second-order valence-corrected chi connectivity index (χ2v) is 8.14. The topological polar surface area (TPSA) is 46.6 Å². The molecule has 2 atom stereocenters. The van der Waals surface area contributed by atoms with Crippen LogP contribution >= 0.6 is 0 Å². The molecule has 6 heteroatoms. The Balaban J connectivity index is 1.41. The highest BCUT2D eigenvalue weighted by Crippen LogP contribution is 2.39. The van der Waals surface area contributed by atoms with E-state index in [0.717, 1.165) is 24.8 Å². The van der Waals surface area contributed by atoms with Crippen molar-refractivity contribution >= 4 is 11.9 Å². The molecule has 4 nitrogen and oxygen atoms in total. The first kappa shape index (κ1) is 20.5. The third kappa shape index (κ3) is 4.37. The van der Waals surface area contributed by atoms with Crippen LogP contribution in [0.3, 0.4) is 0 Å². The van der Waals surface area contributed by atoms with E-state index in [-0.39, 0.29) is 42.0 Å². The summed E-state index contributed by atoms with van der Waals surface area (Å²) < 4.78 is 31.1. The zero-order valence-corrected chi connectivity index (χ0v) is 16.7. The van der Waals surface area contributed by atoms with Gasteiger partial charge in [0.2, 0.25) is 0 Å². The predicted molar refractivity (Wildman–Crippen MR) is 108 cm³/mol. The molecule has 4 rings (SSSR count). The number of halogens is 2. The fraction of sp³-hybridized carbons (Fsp3) is 0.417. The van der Waals surface area contributed by atoms with Crippen molar-refractivity contribution in [1.29, 1.82) is 0 Å².